The number of aliphatic hydroxyl groups is 2. The van der Waals surface area contributed by atoms with Crippen molar-refractivity contribution in [3.63, 3.8) is 0 Å². The van der Waals surface area contributed by atoms with Gasteiger partial charge >= 0.3 is 0 Å². The summed E-state index contributed by atoms with van der Waals surface area (Å²) in [6.07, 6.45) is 8.92. The lowest BCUT2D eigenvalue weighted by atomic mass is 10.1. The third-order valence-corrected chi connectivity index (χ3v) is 3.47. The molecule has 0 saturated heterocycles. The molecule has 0 aromatic heterocycles. The van der Waals surface area contributed by atoms with Gasteiger partial charge in [-0.3, -0.25) is 0 Å². The van der Waals surface area contributed by atoms with E-state index in [1.165, 1.54) is 32.4 Å². The van der Waals surface area contributed by atoms with Crippen molar-refractivity contribution in [3.05, 3.63) is 12.3 Å². The van der Waals surface area contributed by atoms with Gasteiger partial charge < -0.3 is 24.9 Å². The highest BCUT2D eigenvalue weighted by atomic mass is 16.5. The van der Waals surface area contributed by atoms with Crippen LogP contribution in [-0.2, 0) is 9.53 Å². The number of ether oxygens (including phenoxy) is 1. The third-order valence-electron chi connectivity index (χ3n) is 3.47. The van der Waals surface area contributed by atoms with Gasteiger partial charge in [0.05, 0.1) is 12.2 Å². The van der Waals surface area contributed by atoms with Crippen LogP contribution in [0, 0.1) is 0 Å². The van der Waals surface area contributed by atoms with Gasteiger partial charge in [-0.2, -0.15) is 0 Å². The maximum Gasteiger partial charge on any atom is 0.227 e. The van der Waals surface area contributed by atoms with Gasteiger partial charge in [0, 0.05) is 0 Å². The Morgan fingerprint density at radius 1 is 1.30 bits per heavy atom. The molecular formula is C14H27NO5. The molecule has 0 bridgehead atoms. The zero-order chi connectivity index (χ0) is 15.4. The largest absolute Gasteiger partial charge is 0.544 e. The summed E-state index contributed by atoms with van der Waals surface area (Å²) in [5.74, 6) is -1.33. The standard InChI is InChI=1S/C14H27NO5/c1-3-4-5-6-7-8-9-20-12-15(10-16,11-17)13(2)14(18)19/h8-9,13,16-17H,3-7,10-12H2,1-2H3/b9-8+. The van der Waals surface area contributed by atoms with Crippen LogP contribution in [0.15, 0.2) is 12.3 Å². The molecule has 0 aromatic rings. The summed E-state index contributed by atoms with van der Waals surface area (Å²) in [7, 11) is 0. The SMILES string of the molecule is CCCCCC/C=C/OC[N+](CO)(CO)C(C)C(=O)[O-]. The Morgan fingerprint density at radius 2 is 1.95 bits per heavy atom. The van der Waals surface area contributed by atoms with E-state index in [1.807, 2.05) is 6.08 Å². The highest BCUT2D eigenvalue weighted by Crippen LogP contribution is 2.12. The summed E-state index contributed by atoms with van der Waals surface area (Å²) in [4.78, 5) is 10.9. The predicted molar refractivity (Wildman–Crippen MR) is 72.8 cm³/mol. The van der Waals surface area contributed by atoms with E-state index in [1.54, 1.807) is 0 Å². The average Bonchev–Trinajstić information content (AvgIpc) is 2.45. The Kier molecular flexibility index (Phi) is 10.1. The zero-order valence-electron chi connectivity index (χ0n) is 12.5. The molecule has 1 unspecified atom stereocenters. The number of aliphatic hydroxyl groups excluding tert-OH is 2. The number of hydrogen-bond acceptors (Lipinski definition) is 5. The number of hydrogen-bond donors (Lipinski definition) is 2. The van der Waals surface area contributed by atoms with Gasteiger partial charge in [-0.05, 0) is 25.8 Å². The fraction of sp³-hybridized carbons (Fsp3) is 0.786. The van der Waals surface area contributed by atoms with Crippen molar-refractivity contribution < 1.29 is 29.3 Å². The number of quaternary nitrogens is 1. The Balaban J connectivity index is 4.15. The average molecular weight is 289 g/mol. The van der Waals surface area contributed by atoms with Gasteiger partial charge in [0.2, 0.25) is 6.73 Å². The molecule has 118 valence electrons. The maximum absolute atomic E-state index is 10.9. The minimum atomic E-state index is -1.33. The summed E-state index contributed by atoms with van der Waals surface area (Å²) in [6.45, 7) is 2.35. The van der Waals surface area contributed by atoms with Crippen LogP contribution in [0.1, 0.15) is 46.0 Å². The summed E-state index contributed by atoms with van der Waals surface area (Å²) >= 11 is 0. The second-order valence-corrected chi connectivity index (χ2v) is 5.01. The third kappa shape index (κ3) is 6.36. The molecule has 0 spiro atoms. The van der Waals surface area contributed by atoms with Gasteiger partial charge in [-0.25, -0.2) is 4.48 Å². The van der Waals surface area contributed by atoms with E-state index in [9.17, 15) is 20.1 Å². The molecule has 0 saturated carbocycles. The van der Waals surface area contributed by atoms with Crippen molar-refractivity contribution in [2.24, 2.45) is 0 Å². The van der Waals surface area contributed by atoms with Crippen LogP contribution >= 0.6 is 0 Å². The van der Waals surface area contributed by atoms with E-state index < -0.39 is 30.0 Å². The summed E-state index contributed by atoms with van der Waals surface area (Å²) in [5, 5.41) is 29.5. The lowest BCUT2D eigenvalue weighted by molar-refractivity contribution is -0.989. The Bertz CT molecular complexity index is 289. The first-order valence-electron chi connectivity index (χ1n) is 7.09. The van der Waals surface area contributed by atoms with Gasteiger partial charge in [0.25, 0.3) is 0 Å². The van der Waals surface area contributed by atoms with E-state index in [0.717, 1.165) is 12.8 Å². The molecule has 20 heavy (non-hydrogen) atoms. The van der Waals surface area contributed by atoms with E-state index in [-0.39, 0.29) is 6.73 Å². The molecule has 0 aliphatic carbocycles. The number of rotatable bonds is 12. The fourth-order valence-corrected chi connectivity index (χ4v) is 1.72. The summed E-state index contributed by atoms with van der Waals surface area (Å²) < 4.78 is 4.74. The summed E-state index contributed by atoms with van der Waals surface area (Å²) in [6, 6.07) is -1.05. The fourth-order valence-electron chi connectivity index (χ4n) is 1.72. The zero-order valence-corrected chi connectivity index (χ0v) is 12.5. The van der Waals surface area contributed by atoms with Crippen molar-refractivity contribution >= 4 is 5.97 Å². The van der Waals surface area contributed by atoms with Crippen molar-refractivity contribution in [2.75, 3.05) is 20.2 Å². The Hall–Kier alpha value is -1.11. The molecule has 0 amide bonds. The quantitative estimate of drug-likeness (QED) is 0.233. The number of carbonyl (C=O) groups excluding carboxylic acids is 1. The van der Waals surface area contributed by atoms with E-state index in [2.05, 4.69) is 6.92 Å². The smallest absolute Gasteiger partial charge is 0.227 e. The molecule has 0 rings (SSSR count). The Labute approximate surface area is 120 Å². The first kappa shape index (κ1) is 18.9. The second kappa shape index (κ2) is 10.7. The molecule has 0 heterocycles. The summed E-state index contributed by atoms with van der Waals surface area (Å²) in [5.41, 5.74) is 0. The second-order valence-electron chi connectivity index (χ2n) is 5.01. The lowest BCUT2D eigenvalue weighted by Crippen LogP contribution is -2.62. The molecule has 2 N–H and O–H groups in total. The van der Waals surface area contributed by atoms with Gasteiger partial charge in [0.1, 0.15) is 6.04 Å². The van der Waals surface area contributed by atoms with Gasteiger partial charge in [-0.15, -0.1) is 0 Å². The molecule has 0 radical (unpaired) electrons. The Morgan fingerprint density at radius 3 is 2.45 bits per heavy atom. The van der Waals surface area contributed by atoms with Crippen LogP contribution < -0.4 is 5.11 Å². The van der Waals surface area contributed by atoms with Crippen LogP contribution in [0.3, 0.4) is 0 Å². The van der Waals surface area contributed by atoms with Crippen LogP contribution in [0.5, 0.6) is 0 Å². The molecule has 0 aromatic carbocycles. The van der Waals surface area contributed by atoms with Crippen molar-refractivity contribution in [1.82, 2.24) is 0 Å². The van der Waals surface area contributed by atoms with Crippen LogP contribution in [-0.4, -0.2) is 46.9 Å². The number of allylic oxidation sites excluding steroid dienone is 1. The predicted octanol–water partition coefficient (Wildman–Crippen LogP) is 0.299. The number of nitrogens with zero attached hydrogens (tertiary/aromatic N) is 1. The van der Waals surface area contributed by atoms with Crippen LogP contribution in [0.4, 0.5) is 0 Å². The van der Waals surface area contributed by atoms with E-state index in [4.69, 9.17) is 4.74 Å². The molecular weight excluding hydrogens is 262 g/mol. The molecule has 0 aliphatic rings. The van der Waals surface area contributed by atoms with Crippen LogP contribution in [0.25, 0.3) is 0 Å². The monoisotopic (exact) mass is 289 g/mol. The molecule has 6 nitrogen and oxygen atoms in total. The van der Waals surface area contributed by atoms with Gasteiger partial charge in [-0.1, -0.05) is 26.2 Å². The molecule has 0 aliphatic heterocycles. The highest BCUT2D eigenvalue weighted by Gasteiger charge is 2.34. The minimum Gasteiger partial charge on any atom is -0.544 e. The molecule has 0 fully saturated rings. The first-order valence-corrected chi connectivity index (χ1v) is 7.09. The van der Waals surface area contributed by atoms with Crippen molar-refractivity contribution in [3.8, 4) is 0 Å². The van der Waals surface area contributed by atoms with Crippen molar-refractivity contribution in [1.29, 1.82) is 0 Å². The number of carboxylic acids is 1. The van der Waals surface area contributed by atoms with Crippen molar-refractivity contribution in [2.45, 2.75) is 52.0 Å². The molecule has 6 heteroatoms. The highest BCUT2D eigenvalue weighted by molar-refractivity contribution is 5.69. The normalized spacial score (nSPS) is 13.6. The minimum absolute atomic E-state index is 0.117. The van der Waals surface area contributed by atoms with E-state index in [0.29, 0.717) is 0 Å². The topological polar surface area (TPSA) is 89.8 Å². The molecule has 1 atom stereocenters. The van der Waals surface area contributed by atoms with Crippen LogP contribution in [0.2, 0.25) is 0 Å². The number of aliphatic carboxylic acids is 1. The van der Waals surface area contributed by atoms with Gasteiger partial charge in [0.15, 0.2) is 13.5 Å². The van der Waals surface area contributed by atoms with E-state index >= 15 is 0 Å². The first-order chi connectivity index (χ1) is 9.54. The lowest BCUT2D eigenvalue weighted by Gasteiger charge is -2.38. The maximum atomic E-state index is 10.9. The number of carboxylic acid groups (broad SMARTS) is 1. The number of unbranched alkanes of at least 4 members (excludes halogenated alkanes) is 4. The number of carbonyl (C=O) groups is 1.